The minimum atomic E-state index is -3.61. The zero-order valence-corrected chi connectivity index (χ0v) is 10.1. The molecule has 6 nitrogen and oxygen atoms in total. The lowest BCUT2D eigenvalue weighted by Crippen LogP contribution is -2.26. The van der Waals surface area contributed by atoms with Crippen LogP contribution in [0.3, 0.4) is 0 Å². The standard InChI is InChI=1S/C10H14N2O4S/c1-11-10(14)8-2-4-9(5-3-8)17(15,16)12-6-7-13/h2-5,12-13H,6-7H2,1H3,(H,11,14). The smallest absolute Gasteiger partial charge is 0.251 e. The fraction of sp³-hybridized carbons (Fsp3) is 0.300. The average Bonchev–Trinajstić information content (AvgIpc) is 2.35. The lowest BCUT2D eigenvalue weighted by Gasteiger charge is -2.06. The Hall–Kier alpha value is -1.44. The van der Waals surface area contributed by atoms with Crippen molar-refractivity contribution >= 4 is 15.9 Å². The number of sulfonamides is 1. The summed E-state index contributed by atoms with van der Waals surface area (Å²) in [6.07, 6.45) is 0. The van der Waals surface area contributed by atoms with Gasteiger partial charge in [-0.1, -0.05) is 0 Å². The topological polar surface area (TPSA) is 95.5 Å². The SMILES string of the molecule is CNC(=O)c1ccc(S(=O)(=O)NCCO)cc1. The first-order valence-corrected chi connectivity index (χ1v) is 6.42. The van der Waals surface area contributed by atoms with Crippen molar-refractivity contribution in [2.45, 2.75) is 4.90 Å². The van der Waals surface area contributed by atoms with Crippen LogP contribution < -0.4 is 10.0 Å². The minimum absolute atomic E-state index is 0.0421. The van der Waals surface area contributed by atoms with Gasteiger partial charge in [-0.05, 0) is 24.3 Å². The molecule has 0 aliphatic carbocycles. The molecule has 94 valence electrons. The molecule has 0 unspecified atom stereocenters. The molecule has 1 rings (SSSR count). The zero-order valence-electron chi connectivity index (χ0n) is 9.30. The van der Waals surface area contributed by atoms with Crippen LogP contribution in [0.2, 0.25) is 0 Å². The summed E-state index contributed by atoms with van der Waals surface area (Å²) in [5.41, 5.74) is 0.383. The van der Waals surface area contributed by atoms with Gasteiger partial charge in [-0.15, -0.1) is 0 Å². The van der Waals surface area contributed by atoms with Gasteiger partial charge in [0.15, 0.2) is 0 Å². The minimum Gasteiger partial charge on any atom is -0.395 e. The van der Waals surface area contributed by atoms with Gasteiger partial charge in [-0.3, -0.25) is 4.79 Å². The van der Waals surface area contributed by atoms with E-state index in [0.717, 1.165) is 0 Å². The molecule has 7 heteroatoms. The average molecular weight is 258 g/mol. The molecular formula is C10H14N2O4S. The van der Waals surface area contributed by atoms with Crippen LogP contribution in [0.15, 0.2) is 29.2 Å². The molecule has 0 bridgehead atoms. The summed E-state index contributed by atoms with van der Waals surface area (Å²) >= 11 is 0. The number of benzene rings is 1. The lowest BCUT2D eigenvalue weighted by atomic mass is 10.2. The Labute approximate surface area is 99.7 Å². The maximum atomic E-state index is 11.6. The molecule has 0 fully saturated rings. The van der Waals surface area contributed by atoms with Gasteiger partial charge < -0.3 is 10.4 Å². The number of aliphatic hydroxyl groups excluding tert-OH is 1. The second-order valence-corrected chi connectivity index (χ2v) is 4.99. The van der Waals surface area contributed by atoms with Gasteiger partial charge in [0.25, 0.3) is 5.91 Å². The van der Waals surface area contributed by atoms with Crippen molar-refractivity contribution in [3.8, 4) is 0 Å². The Bertz CT molecular complexity index is 482. The summed E-state index contributed by atoms with van der Waals surface area (Å²) < 4.78 is 25.4. The van der Waals surface area contributed by atoms with Crippen molar-refractivity contribution in [1.82, 2.24) is 10.0 Å². The first-order valence-electron chi connectivity index (χ1n) is 4.94. The molecule has 1 amide bonds. The first-order chi connectivity index (χ1) is 8.01. The zero-order chi connectivity index (χ0) is 12.9. The number of aliphatic hydroxyl groups is 1. The van der Waals surface area contributed by atoms with Crippen molar-refractivity contribution in [1.29, 1.82) is 0 Å². The maximum Gasteiger partial charge on any atom is 0.251 e. The summed E-state index contributed by atoms with van der Waals surface area (Å²) in [6.45, 7) is -0.310. The van der Waals surface area contributed by atoms with Gasteiger partial charge >= 0.3 is 0 Å². The quantitative estimate of drug-likeness (QED) is 0.652. The Morgan fingerprint density at radius 3 is 2.35 bits per heavy atom. The second-order valence-electron chi connectivity index (χ2n) is 3.22. The van der Waals surface area contributed by atoms with Gasteiger partial charge in [-0.25, -0.2) is 13.1 Å². The summed E-state index contributed by atoms with van der Waals surface area (Å²) in [4.78, 5) is 11.3. The molecule has 0 radical (unpaired) electrons. The second kappa shape index (κ2) is 5.76. The number of nitrogens with one attached hydrogen (secondary N) is 2. The molecule has 0 heterocycles. The van der Waals surface area contributed by atoms with E-state index in [0.29, 0.717) is 5.56 Å². The van der Waals surface area contributed by atoms with E-state index >= 15 is 0 Å². The number of carbonyl (C=O) groups is 1. The van der Waals surface area contributed by atoms with E-state index in [1.807, 2.05) is 0 Å². The van der Waals surface area contributed by atoms with E-state index in [2.05, 4.69) is 10.0 Å². The third-order valence-corrected chi connectivity index (χ3v) is 3.53. The van der Waals surface area contributed by atoms with Crippen LogP contribution in [0.1, 0.15) is 10.4 Å². The maximum absolute atomic E-state index is 11.6. The Kier molecular flexibility index (Phi) is 4.62. The van der Waals surface area contributed by atoms with Crippen LogP contribution in [-0.4, -0.2) is 39.6 Å². The summed E-state index contributed by atoms with van der Waals surface area (Å²) in [6, 6.07) is 5.52. The molecule has 1 aromatic rings. The predicted molar refractivity (Wildman–Crippen MR) is 62.1 cm³/mol. The van der Waals surface area contributed by atoms with E-state index in [1.165, 1.54) is 31.3 Å². The highest BCUT2D eigenvalue weighted by atomic mass is 32.2. The molecule has 0 aliphatic rings. The monoisotopic (exact) mass is 258 g/mol. The molecule has 0 spiro atoms. The predicted octanol–water partition coefficient (Wildman–Crippen LogP) is -0.683. The van der Waals surface area contributed by atoms with Crippen LogP contribution in [0.25, 0.3) is 0 Å². The normalized spacial score (nSPS) is 11.2. The van der Waals surface area contributed by atoms with Crippen LogP contribution in [0.4, 0.5) is 0 Å². The van der Waals surface area contributed by atoms with Crippen molar-refractivity contribution in [3.63, 3.8) is 0 Å². The summed E-state index contributed by atoms with van der Waals surface area (Å²) in [7, 11) is -2.12. The first kappa shape index (κ1) is 13.6. The third kappa shape index (κ3) is 3.52. The van der Waals surface area contributed by atoms with E-state index in [4.69, 9.17) is 5.11 Å². The van der Waals surface area contributed by atoms with Gasteiger partial charge in [0.05, 0.1) is 11.5 Å². The van der Waals surface area contributed by atoms with E-state index < -0.39 is 10.0 Å². The lowest BCUT2D eigenvalue weighted by molar-refractivity contribution is 0.0963. The van der Waals surface area contributed by atoms with Crippen molar-refractivity contribution < 1.29 is 18.3 Å². The largest absolute Gasteiger partial charge is 0.395 e. The fourth-order valence-electron chi connectivity index (χ4n) is 1.19. The molecule has 0 atom stereocenters. The van der Waals surface area contributed by atoms with Crippen LogP contribution >= 0.6 is 0 Å². The Morgan fingerprint density at radius 2 is 1.88 bits per heavy atom. The summed E-state index contributed by atoms with van der Waals surface area (Å²) in [5.74, 6) is -0.280. The van der Waals surface area contributed by atoms with Crippen molar-refractivity contribution in [2.24, 2.45) is 0 Å². The van der Waals surface area contributed by atoms with Gasteiger partial charge in [0.1, 0.15) is 0 Å². The number of carbonyl (C=O) groups excluding carboxylic acids is 1. The molecule has 0 saturated heterocycles. The number of hydrogen-bond donors (Lipinski definition) is 3. The van der Waals surface area contributed by atoms with E-state index in [9.17, 15) is 13.2 Å². The van der Waals surface area contributed by atoms with Crippen LogP contribution in [0.5, 0.6) is 0 Å². The molecule has 0 aliphatic heterocycles. The highest BCUT2D eigenvalue weighted by Crippen LogP contribution is 2.10. The molecule has 3 N–H and O–H groups in total. The molecule has 1 aromatic carbocycles. The van der Waals surface area contributed by atoms with E-state index in [1.54, 1.807) is 0 Å². The van der Waals surface area contributed by atoms with Crippen LogP contribution in [0, 0.1) is 0 Å². The molecule has 0 aromatic heterocycles. The molecule has 0 saturated carbocycles. The number of rotatable bonds is 5. The van der Waals surface area contributed by atoms with Gasteiger partial charge in [0.2, 0.25) is 10.0 Å². The van der Waals surface area contributed by atoms with Crippen LogP contribution in [-0.2, 0) is 10.0 Å². The fourth-order valence-corrected chi connectivity index (χ4v) is 2.21. The highest BCUT2D eigenvalue weighted by molar-refractivity contribution is 7.89. The summed E-state index contributed by atoms with van der Waals surface area (Å²) in [5, 5.41) is 11.0. The van der Waals surface area contributed by atoms with Crippen molar-refractivity contribution in [3.05, 3.63) is 29.8 Å². The van der Waals surface area contributed by atoms with Gasteiger partial charge in [0, 0.05) is 19.2 Å². The van der Waals surface area contributed by atoms with Gasteiger partial charge in [-0.2, -0.15) is 0 Å². The molecular weight excluding hydrogens is 244 g/mol. The van der Waals surface area contributed by atoms with Crippen molar-refractivity contribution in [2.75, 3.05) is 20.2 Å². The Morgan fingerprint density at radius 1 is 1.29 bits per heavy atom. The highest BCUT2D eigenvalue weighted by Gasteiger charge is 2.13. The number of hydrogen-bond acceptors (Lipinski definition) is 4. The number of amides is 1. The Balaban J connectivity index is 2.91. The third-order valence-electron chi connectivity index (χ3n) is 2.06. The molecule has 17 heavy (non-hydrogen) atoms. The van der Waals surface area contributed by atoms with E-state index in [-0.39, 0.29) is 24.0 Å².